The van der Waals surface area contributed by atoms with Crippen molar-refractivity contribution in [2.45, 2.75) is 110 Å². The Morgan fingerprint density at radius 2 is 1.55 bits per heavy atom. The number of fused-ring (bicyclic) bond motifs is 1. The molecule has 1 heterocycles. The highest BCUT2D eigenvalue weighted by atomic mass is 16.6. The fraction of sp³-hybridized carbons (Fsp3) is 0.526. The van der Waals surface area contributed by atoms with Crippen LogP contribution in [0.3, 0.4) is 0 Å². The summed E-state index contributed by atoms with van der Waals surface area (Å²) in [5.74, 6) is -3.05. The summed E-state index contributed by atoms with van der Waals surface area (Å²) in [6, 6.07) is 9.50. The summed E-state index contributed by atoms with van der Waals surface area (Å²) in [6.45, 7) is 12.1. The van der Waals surface area contributed by atoms with E-state index in [0.29, 0.717) is 0 Å². The van der Waals surface area contributed by atoms with Crippen LogP contribution in [-0.2, 0) is 25.5 Å². The minimum atomic E-state index is -1.12. The number of ether oxygens (including phenoxy) is 1. The van der Waals surface area contributed by atoms with Gasteiger partial charge >= 0.3 is 12.1 Å². The average Bonchev–Trinajstić information content (AvgIpc) is 3.48. The van der Waals surface area contributed by atoms with Gasteiger partial charge in [-0.1, -0.05) is 45.0 Å². The van der Waals surface area contributed by atoms with Gasteiger partial charge in [-0.25, -0.2) is 9.59 Å². The van der Waals surface area contributed by atoms with Crippen LogP contribution < -0.4 is 16.0 Å². The van der Waals surface area contributed by atoms with Gasteiger partial charge in [0.2, 0.25) is 17.7 Å². The molecule has 0 saturated carbocycles. The van der Waals surface area contributed by atoms with Crippen molar-refractivity contribution in [2.75, 3.05) is 13.6 Å². The van der Waals surface area contributed by atoms with E-state index >= 15 is 0 Å². The van der Waals surface area contributed by atoms with Crippen LogP contribution in [-0.4, -0.2) is 94.0 Å². The van der Waals surface area contributed by atoms with E-state index in [1.807, 2.05) is 24.3 Å². The van der Waals surface area contributed by atoms with Crippen molar-refractivity contribution in [3.63, 3.8) is 0 Å². The van der Waals surface area contributed by atoms with Gasteiger partial charge in [-0.3, -0.25) is 24.1 Å². The number of hydrogen-bond acceptors (Lipinski definition) is 7. The zero-order chi connectivity index (χ0) is 37.8. The van der Waals surface area contributed by atoms with Gasteiger partial charge in [0, 0.05) is 25.2 Å². The van der Waals surface area contributed by atoms with Gasteiger partial charge in [0.1, 0.15) is 23.7 Å². The highest BCUT2D eigenvalue weighted by Gasteiger charge is 2.46. The van der Waals surface area contributed by atoms with E-state index in [-0.39, 0.29) is 36.0 Å². The lowest BCUT2D eigenvalue weighted by atomic mass is 9.85. The zero-order valence-electron chi connectivity index (χ0n) is 30.7. The molecule has 1 saturated heterocycles. The van der Waals surface area contributed by atoms with Gasteiger partial charge in [-0.2, -0.15) is 0 Å². The maximum absolute atomic E-state index is 14.5. The standard InChI is InChI=1S/C38H51N5O8/c1-22(42(8)36(50)51-38(5,6)7)31(44)41-30(37(2,3)4)34(47)43-21-26(39-32(45)24-16-18-25(19-17-24)35(48)49)20-29(43)33(46)40-28-15-11-13-23-12-9-10-14-27(23)28/h9-10,12,14,16-19,22,26,28-30H,11,13,15,20-21H2,1-8H3,(H,39,45)(H,40,46)(H,41,44)(H,48,49)/t22?,26-,28+,29-,30?/m0/s1. The first-order valence-corrected chi connectivity index (χ1v) is 17.4. The van der Waals surface area contributed by atoms with Gasteiger partial charge in [0.15, 0.2) is 0 Å². The molecule has 1 aliphatic heterocycles. The third kappa shape index (κ3) is 9.65. The molecule has 2 unspecified atom stereocenters. The molecule has 5 atom stereocenters. The molecule has 276 valence electrons. The molecule has 0 spiro atoms. The van der Waals surface area contributed by atoms with Gasteiger partial charge in [0.05, 0.1) is 11.6 Å². The highest BCUT2D eigenvalue weighted by molar-refractivity contribution is 5.97. The van der Waals surface area contributed by atoms with Crippen LogP contribution in [0.25, 0.3) is 0 Å². The van der Waals surface area contributed by atoms with Gasteiger partial charge < -0.3 is 30.7 Å². The number of carboxylic acid groups (broad SMARTS) is 1. The third-order valence-electron chi connectivity index (χ3n) is 9.34. The highest BCUT2D eigenvalue weighted by Crippen LogP contribution is 2.31. The maximum Gasteiger partial charge on any atom is 0.410 e. The van der Waals surface area contributed by atoms with Crippen LogP contribution in [0.2, 0.25) is 0 Å². The van der Waals surface area contributed by atoms with Crippen LogP contribution >= 0.6 is 0 Å². The first kappa shape index (κ1) is 38.9. The predicted molar refractivity (Wildman–Crippen MR) is 190 cm³/mol. The van der Waals surface area contributed by atoms with Crippen LogP contribution in [0.1, 0.15) is 106 Å². The van der Waals surface area contributed by atoms with E-state index in [9.17, 15) is 33.9 Å². The lowest BCUT2D eigenvalue weighted by molar-refractivity contribution is -0.144. The number of carbonyl (C=O) groups is 6. The molecule has 2 aromatic carbocycles. The molecular formula is C38H51N5O8. The fourth-order valence-electron chi connectivity index (χ4n) is 6.38. The van der Waals surface area contributed by atoms with Crippen LogP contribution in [0.5, 0.6) is 0 Å². The van der Waals surface area contributed by atoms with Gasteiger partial charge in [0.25, 0.3) is 5.91 Å². The number of aromatic carboxylic acids is 1. The molecule has 0 radical (unpaired) electrons. The van der Waals surface area contributed by atoms with Crippen molar-refractivity contribution in [1.82, 2.24) is 25.8 Å². The summed E-state index contributed by atoms with van der Waals surface area (Å²) in [5.41, 5.74) is 0.872. The summed E-state index contributed by atoms with van der Waals surface area (Å²) in [4.78, 5) is 82.0. The van der Waals surface area contributed by atoms with Gasteiger partial charge in [-0.15, -0.1) is 0 Å². The first-order chi connectivity index (χ1) is 23.8. The summed E-state index contributed by atoms with van der Waals surface area (Å²) >= 11 is 0. The number of benzene rings is 2. The number of likely N-dealkylation sites (tertiary alicyclic amines) is 1. The molecule has 0 aromatic heterocycles. The Balaban J connectivity index is 1.58. The number of carboxylic acids is 1. The quantitative estimate of drug-likeness (QED) is 0.302. The Bertz CT molecular complexity index is 1640. The number of likely N-dealkylation sites (N-methyl/N-ethyl adjacent to an activating group) is 1. The fourth-order valence-corrected chi connectivity index (χ4v) is 6.38. The minimum absolute atomic E-state index is 0.00701. The first-order valence-electron chi connectivity index (χ1n) is 17.4. The number of aryl methyl sites for hydroxylation is 1. The van der Waals surface area contributed by atoms with Crippen LogP contribution in [0.4, 0.5) is 4.79 Å². The Morgan fingerprint density at radius 1 is 0.922 bits per heavy atom. The second-order valence-electron chi connectivity index (χ2n) is 15.5. The number of amides is 5. The summed E-state index contributed by atoms with van der Waals surface area (Å²) in [7, 11) is 1.44. The lowest BCUT2D eigenvalue weighted by Crippen LogP contribution is -2.60. The van der Waals surface area contributed by atoms with Crippen molar-refractivity contribution in [1.29, 1.82) is 0 Å². The van der Waals surface area contributed by atoms with Crippen molar-refractivity contribution in [2.24, 2.45) is 5.41 Å². The molecule has 4 N–H and O–H groups in total. The molecular weight excluding hydrogens is 654 g/mol. The number of carbonyl (C=O) groups excluding carboxylic acids is 5. The zero-order valence-corrected chi connectivity index (χ0v) is 30.7. The summed E-state index contributed by atoms with van der Waals surface area (Å²) in [5, 5.41) is 18.1. The smallest absolute Gasteiger partial charge is 0.410 e. The van der Waals surface area contributed by atoms with E-state index in [0.717, 1.165) is 35.3 Å². The number of nitrogens with one attached hydrogen (secondary N) is 3. The summed E-state index contributed by atoms with van der Waals surface area (Å²) in [6.07, 6.45) is 1.96. The Labute approximate surface area is 299 Å². The Hall–Kier alpha value is -4.94. The second-order valence-corrected chi connectivity index (χ2v) is 15.5. The van der Waals surface area contributed by atoms with E-state index in [4.69, 9.17) is 4.74 Å². The molecule has 1 fully saturated rings. The van der Waals surface area contributed by atoms with Gasteiger partial charge in [-0.05, 0) is 94.2 Å². The molecule has 2 aliphatic rings. The van der Waals surface area contributed by atoms with E-state index in [1.54, 1.807) is 41.5 Å². The van der Waals surface area contributed by atoms with E-state index < -0.39 is 65.0 Å². The monoisotopic (exact) mass is 705 g/mol. The third-order valence-corrected chi connectivity index (χ3v) is 9.34. The molecule has 5 amide bonds. The summed E-state index contributed by atoms with van der Waals surface area (Å²) < 4.78 is 5.41. The van der Waals surface area contributed by atoms with Crippen LogP contribution in [0, 0.1) is 5.41 Å². The number of rotatable bonds is 9. The molecule has 13 heteroatoms. The largest absolute Gasteiger partial charge is 0.478 e. The topological polar surface area (TPSA) is 174 Å². The second kappa shape index (κ2) is 15.5. The molecule has 1 aliphatic carbocycles. The molecule has 4 rings (SSSR count). The Kier molecular flexibility index (Phi) is 11.8. The normalized spacial score (nSPS) is 19.9. The van der Waals surface area contributed by atoms with E-state index in [2.05, 4.69) is 16.0 Å². The number of hydrogen-bond donors (Lipinski definition) is 4. The number of nitrogens with zero attached hydrogens (tertiary/aromatic N) is 2. The Morgan fingerprint density at radius 3 is 2.16 bits per heavy atom. The molecule has 13 nitrogen and oxygen atoms in total. The van der Waals surface area contributed by atoms with Crippen LogP contribution in [0.15, 0.2) is 48.5 Å². The van der Waals surface area contributed by atoms with Crippen molar-refractivity contribution in [3.8, 4) is 0 Å². The van der Waals surface area contributed by atoms with E-state index in [1.165, 1.54) is 43.1 Å². The van der Waals surface area contributed by atoms with Crippen molar-refractivity contribution < 1.29 is 38.6 Å². The maximum atomic E-state index is 14.5. The molecule has 2 aromatic rings. The predicted octanol–water partition coefficient (Wildman–Crippen LogP) is 4.06. The molecule has 0 bridgehead atoms. The SMILES string of the molecule is CC(C(=O)NC(C(=O)N1C[C@@H](NC(=O)c2ccc(C(=O)O)cc2)C[C@H]1C(=O)N[C@@H]1CCCc2ccccc21)C(C)(C)C)N(C)C(=O)OC(C)(C)C. The lowest BCUT2D eigenvalue weighted by Gasteiger charge is -2.37. The van der Waals surface area contributed by atoms with Crippen molar-refractivity contribution in [3.05, 3.63) is 70.8 Å². The average molecular weight is 706 g/mol. The molecule has 51 heavy (non-hydrogen) atoms. The van der Waals surface area contributed by atoms with Crippen molar-refractivity contribution >= 4 is 35.7 Å². The minimum Gasteiger partial charge on any atom is -0.478 e.